The highest BCUT2D eigenvalue weighted by Gasteiger charge is 2.25. The summed E-state index contributed by atoms with van der Waals surface area (Å²) >= 11 is 0. The van der Waals surface area contributed by atoms with E-state index in [-0.39, 0.29) is 175 Å². The van der Waals surface area contributed by atoms with Crippen LogP contribution in [0.2, 0.25) is 0 Å². The predicted octanol–water partition coefficient (Wildman–Crippen LogP) is 17.9. The van der Waals surface area contributed by atoms with Crippen molar-refractivity contribution >= 4 is 16.1 Å². The van der Waals surface area contributed by atoms with Gasteiger partial charge in [0.15, 0.2) is 6.29 Å². The van der Waals surface area contributed by atoms with Crippen molar-refractivity contribution in [2.24, 2.45) is 29.6 Å². The molecule has 6 unspecified atom stereocenters. The molecule has 12 atom stereocenters. The van der Waals surface area contributed by atoms with Crippen LogP contribution in [0.25, 0.3) is 0 Å². The minimum absolute atomic E-state index is 0.00463. The van der Waals surface area contributed by atoms with Crippen molar-refractivity contribution in [2.75, 3.05) is 127 Å². The number of alkyl halides is 7. The fourth-order valence-electron chi connectivity index (χ4n) is 7.68. The van der Waals surface area contributed by atoms with E-state index in [4.69, 9.17) is 107 Å². The lowest BCUT2D eigenvalue weighted by atomic mass is 10.1. The summed E-state index contributed by atoms with van der Waals surface area (Å²) in [6.45, 7) is 63.5. The van der Waals surface area contributed by atoms with Crippen LogP contribution >= 0.6 is 0 Å². The summed E-state index contributed by atoms with van der Waals surface area (Å²) in [7, 11) is -2.44. The monoisotopic (exact) mass is 1940 g/mol. The number of hydrogen-bond donors (Lipinski definition) is 10. The van der Waals surface area contributed by atoms with Gasteiger partial charge in [-0.1, -0.05) is 86.9 Å². The molecule has 1 saturated heterocycles. The smallest absolute Gasteiger partial charge is 0.308 e. The number of aliphatic hydroxyl groups excluding tert-OH is 10. The van der Waals surface area contributed by atoms with Crippen LogP contribution in [0.1, 0.15) is 298 Å². The second kappa shape index (κ2) is 108. The number of hydrogen-bond acceptors (Lipinski definition) is 26. The highest BCUT2D eigenvalue weighted by atomic mass is 32.2. The molecule has 0 amide bonds. The summed E-state index contributed by atoms with van der Waals surface area (Å²) in [5, 5.41) is 86.8. The Balaban J connectivity index is -0.000000118. The Labute approximate surface area is 787 Å². The Bertz CT molecular complexity index is 2190. The molecule has 796 valence electrons. The number of carbonyl (C=O) groups excluding carboxylic acids is 1. The van der Waals surface area contributed by atoms with Gasteiger partial charge in [-0.15, -0.1) is 0 Å². The van der Waals surface area contributed by atoms with E-state index in [2.05, 4.69) is 60.1 Å². The Hall–Kier alpha value is -2.73. The lowest BCUT2D eigenvalue weighted by Gasteiger charge is -2.28. The molecule has 2 rings (SSSR count). The normalized spacial score (nSPS) is 14.8. The van der Waals surface area contributed by atoms with Crippen molar-refractivity contribution < 1.29 is 156 Å². The first-order valence-electron chi connectivity index (χ1n) is 46.6. The number of halogens is 7. The van der Waals surface area contributed by atoms with Crippen molar-refractivity contribution in [2.45, 2.75) is 433 Å². The van der Waals surface area contributed by atoms with Gasteiger partial charge in [-0.3, -0.25) is 8.98 Å². The zero-order valence-electron chi connectivity index (χ0n) is 87.7. The topological polar surface area (TPSA) is 374 Å². The molecule has 1 fully saturated rings. The summed E-state index contributed by atoms with van der Waals surface area (Å²) in [5.74, 6) is 2.49. The van der Waals surface area contributed by atoms with Crippen molar-refractivity contribution in [3.8, 4) is 0 Å². The van der Waals surface area contributed by atoms with Crippen LogP contribution in [0.4, 0.5) is 30.7 Å². The number of ether oxygens (including phenoxy) is 12. The Kier molecular flexibility index (Phi) is 127. The SMILES string of the molecule is CC(C)CC(C)O.CC(C)CCC(O)CF.CC(C)CC[C@@H](C)O.CC(C)CC[C@H](C)O.CC(C)OCC(O)CF.CC(C)OCC(O)CF.CC(C)OCCF.CC(C)OCCF.CC(C)OC[C@@H](C)O.CC(C)OC[C@@H](O)CF.CC(C)OC[C@H](C)O.CC(C)OC[C@H](O)CF.COC(=O)C(C)C.Cc1ccc(S(=O)(=O)OCC(COC(C)C)OC2CCCCO2)cc1. The molecule has 1 aromatic carbocycles. The average Bonchev–Trinajstić information content (AvgIpc) is 0.841. The third-order valence-corrected chi connectivity index (χ3v) is 15.8. The van der Waals surface area contributed by atoms with Crippen LogP contribution in [-0.2, 0) is 75.9 Å². The highest BCUT2D eigenvalue weighted by Crippen LogP contribution is 2.19. The summed E-state index contributed by atoms with van der Waals surface area (Å²) in [5.41, 5.74) is 0.986. The van der Waals surface area contributed by atoms with Crippen LogP contribution < -0.4 is 0 Å². The molecule has 34 heteroatoms. The standard InChI is InChI=1S/C18H28O6S.C7H15FO.2C7H16O.4C6H13FO2.2C6H14O2.C6H14O.2C5H11FO.C5H10O2/c1-14(2)22-12-16(24-18-6-4-5-11-21-18)13-23-25(19,20)17-9-7-15(3)8-10-17;1-6(2)3-4-7(9)5-8;2*1-6(2)4-5-7(3)8;4*1-5(2)9-4-6(8)3-7;2*1-5(2)8-4-6(3)7;1-5(2)4-6(3)7;2*1-5(2)7-4-3-6;1-4(2)5(6)7-3/h7-10,14,16,18H,4-6,11-13H2,1-3H3;6-7,9H,3-5H2,1-2H3;2*6-8H,4-5H2,1-3H3;4*5-6,8H,3-4H2,1-2H3;2*5-7H,4H2,1-3H3;5-7H,4H2,1-3H3;2*5H,3-4H2,1-2H3;4H,1-3H3/t;;2*7-;2*6-;;;2*6-;;;;/m..1010..10..../s1. The third-order valence-electron chi connectivity index (χ3n) is 14.5. The highest BCUT2D eigenvalue weighted by molar-refractivity contribution is 7.86. The molecule has 0 spiro atoms. The molecule has 130 heavy (non-hydrogen) atoms. The number of esters is 1. The summed E-state index contributed by atoms with van der Waals surface area (Å²) < 4.78 is 171. The van der Waals surface area contributed by atoms with Crippen molar-refractivity contribution in [1.82, 2.24) is 0 Å². The van der Waals surface area contributed by atoms with Gasteiger partial charge in [0.2, 0.25) is 0 Å². The number of aliphatic hydroxyl groups is 10. The largest absolute Gasteiger partial charge is 0.469 e. The first kappa shape index (κ1) is 153. The second-order valence-electron chi connectivity index (χ2n) is 35.5. The fraction of sp³-hybridized carbons (Fsp3) is 0.927. The molecule has 26 nitrogen and oxygen atoms in total. The van der Waals surface area contributed by atoms with Crippen molar-refractivity contribution in [1.29, 1.82) is 0 Å². The summed E-state index contributed by atoms with van der Waals surface area (Å²) in [4.78, 5) is 10.4. The third kappa shape index (κ3) is 162. The van der Waals surface area contributed by atoms with Gasteiger partial charge in [-0.25, -0.2) is 30.7 Å². The van der Waals surface area contributed by atoms with E-state index in [0.717, 1.165) is 75.2 Å². The molecular formula is C96H201F7O26S. The van der Waals surface area contributed by atoms with E-state index in [0.29, 0.717) is 38.1 Å². The van der Waals surface area contributed by atoms with Crippen LogP contribution in [0.5, 0.6) is 0 Å². The van der Waals surface area contributed by atoms with Gasteiger partial charge in [0.25, 0.3) is 10.1 Å². The average molecular weight is 1940 g/mol. The predicted molar refractivity (Wildman–Crippen MR) is 511 cm³/mol. The van der Waals surface area contributed by atoms with Crippen LogP contribution in [-0.4, -0.2) is 320 Å². The van der Waals surface area contributed by atoms with Gasteiger partial charge < -0.3 is 108 Å². The molecule has 0 radical (unpaired) electrons. The van der Waals surface area contributed by atoms with Crippen molar-refractivity contribution in [3.63, 3.8) is 0 Å². The van der Waals surface area contributed by atoms with Crippen LogP contribution in [0.3, 0.4) is 0 Å². The number of aryl methyl sites for hydroxylation is 1. The quantitative estimate of drug-likeness (QED) is 0.0164. The zero-order valence-corrected chi connectivity index (χ0v) is 88.5. The van der Waals surface area contributed by atoms with E-state index in [9.17, 15) is 43.9 Å². The molecule has 0 aliphatic carbocycles. The fourth-order valence-corrected chi connectivity index (χ4v) is 8.62. The molecule has 0 saturated carbocycles. The molecule has 0 aromatic heterocycles. The van der Waals surface area contributed by atoms with Gasteiger partial charge in [0, 0.05) is 6.61 Å². The Morgan fingerprint density at radius 1 is 0.362 bits per heavy atom. The molecule has 1 aliphatic rings. The lowest BCUT2D eigenvalue weighted by molar-refractivity contribution is -0.204. The first-order chi connectivity index (χ1) is 60.0. The van der Waals surface area contributed by atoms with Crippen LogP contribution in [0.15, 0.2) is 29.2 Å². The van der Waals surface area contributed by atoms with E-state index >= 15 is 0 Å². The van der Waals surface area contributed by atoms with Gasteiger partial charge >= 0.3 is 5.97 Å². The van der Waals surface area contributed by atoms with E-state index in [1.54, 1.807) is 39.8 Å². The molecule has 1 aromatic rings. The maximum absolute atomic E-state index is 12.3. The van der Waals surface area contributed by atoms with E-state index in [1.807, 2.05) is 152 Å². The minimum atomic E-state index is -3.83. The molecule has 1 aliphatic heterocycles. The summed E-state index contributed by atoms with van der Waals surface area (Å²) in [6.07, 6.45) is 4.06. The molecule has 1 heterocycles. The number of carbonyl (C=O) groups is 1. The van der Waals surface area contributed by atoms with Crippen LogP contribution in [0, 0.1) is 36.5 Å². The van der Waals surface area contributed by atoms with Gasteiger partial charge in [-0.2, -0.15) is 8.42 Å². The number of rotatable bonds is 50. The summed E-state index contributed by atoms with van der Waals surface area (Å²) in [6, 6.07) is 6.55. The van der Waals surface area contributed by atoms with E-state index in [1.165, 1.54) is 19.2 Å². The Morgan fingerprint density at radius 2 is 0.654 bits per heavy atom. The number of benzene rings is 1. The zero-order chi connectivity index (χ0) is 104. The number of methoxy groups -OCH3 is 1. The van der Waals surface area contributed by atoms with Gasteiger partial charge in [-0.05, 0) is 266 Å². The maximum Gasteiger partial charge on any atom is 0.308 e. The van der Waals surface area contributed by atoms with E-state index < -0.39 is 80.1 Å². The second-order valence-corrected chi connectivity index (χ2v) is 37.1. The maximum atomic E-state index is 12.3. The Morgan fingerprint density at radius 3 is 0.838 bits per heavy atom. The van der Waals surface area contributed by atoms with Gasteiger partial charge in [0.1, 0.15) is 77.2 Å². The van der Waals surface area contributed by atoms with Gasteiger partial charge in [0.05, 0.1) is 176 Å². The van der Waals surface area contributed by atoms with Crippen molar-refractivity contribution in [3.05, 3.63) is 29.8 Å². The molecular weight excluding hydrogens is 1730 g/mol. The minimum Gasteiger partial charge on any atom is -0.469 e. The molecule has 0 bridgehead atoms. The first-order valence-corrected chi connectivity index (χ1v) is 48.0. The molecule has 10 N–H and O–H groups in total. The lowest BCUT2D eigenvalue weighted by Crippen LogP contribution is -2.35.